The van der Waals surface area contributed by atoms with Gasteiger partial charge in [0.15, 0.2) is 9.84 Å². The van der Waals surface area contributed by atoms with Gasteiger partial charge >= 0.3 is 0 Å². The Morgan fingerprint density at radius 1 is 1.11 bits per heavy atom. The smallest absolute Gasteiger partial charge is 0.269 e. The van der Waals surface area contributed by atoms with Gasteiger partial charge in [-0.3, -0.25) is 15.6 Å². The summed E-state index contributed by atoms with van der Waals surface area (Å²) in [5.74, 6) is -1.15. The van der Waals surface area contributed by atoms with Gasteiger partial charge in [0.05, 0.1) is 16.3 Å². The molecule has 1 heterocycles. The third-order valence-corrected chi connectivity index (χ3v) is 6.27. The zero-order valence-electron chi connectivity index (χ0n) is 15.7. The number of fused-ring (bicyclic) bond motifs is 1. The van der Waals surface area contributed by atoms with E-state index in [0.29, 0.717) is 11.3 Å². The predicted molar refractivity (Wildman–Crippen MR) is 107 cm³/mol. The number of amides is 1. The van der Waals surface area contributed by atoms with Gasteiger partial charge in [-0.15, -0.1) is 0 Å². The molecule has 0 atom stereocenters. The van der Waals surface area contributed by atoms with Gasteiger partial charge in [0.25, 0.3) is 5.91 Å². The van der Waals surface area contributed by atoms with Gasteiger partial charge in [-0.2, -0.15) is 0 Å². The molecule has 28 heavy (non-hydrogen) atoms. The summed E-state index contributed by atoms with van der Waals surface area (Å²) in [5.41, 5.74) is 7.29. The van der Waals surface area contributed by atoms with Crippen molar-refractivity contribution >= 4 is 27.1 Å². The van der Waals surface area contributed by atoms with Crippen LogP contribution in [0.4, 0.5) is 10.1 Å². The van der Waals surface area contributed by atoms with Gasteiger partial charge in [-0.1, -0.05) is 0 Å². The number of hydrogen-bond acceptors (Lipinski definition) is 5. The standard InChI is InChI=1S/C20H22FN3O3S/c1-3-24(4-2)16-8-5-14(6-9-16)20(25)23-22-18-11-12-28(26,27)19-10-7-15(21)13-17(18)19/h5-11,13,22H,3-4,12H2,1-2H3,(H,23,25). The highest BCUT2D eigenvalue weighted by molar-refractivity contribution is 7.91. The zero-order valence-corrected chi connectivity index (χ0v) is 16.5. The number of benzene rings is 2. The van der Waals surface area contributed by atoms with E-state index in [0.717, 1.165) is 30.9 Å². The Morgan fingerprint density at radius 3 is 2.43 bits per heavy atom. The van der Waals surface area contributed by atoms with Gasteiger partial charge in [0.1, 0.15) is 5.82 Å². The number of halogens is 1. The maximum absolute atomic E-state index is 13.6. The molecule has 148 valence electrons. The molecule has 0 fully saturated rings. The van der Waals surface area contributed by atoms with Gasteiger partial charge in [0, 0.05) is 29.9 Å². The fraction of sp³-hybridized carbons (Fsp3) is 0.250. The first-order valence-corrected chi connectivity index (χ1v) is 10.6. The second kappa shape index (κ2) is 8.02. The summed E-state index contributed by atoms with van der Waals surface area (Å²) in [6.45, 7) is 5.87. The molecule has 0 aromatic heterocycles. The van der Waals surface area contributed by atoms with Gasteiger partial charge in [-0.25, -0.2) is 12.8 Å². The quantitative estimate of drug-likeness (QED) is 0.573. The van der Waals surface area contributed by atoms with Crippen LogP contribution in [0.15, 0.2) is 53.4 Å². The van der Waals surface area contributed by atoms with Crippen LogP contribution in [0.5, 0.6) is 0 Å². The van der Waals surface area contributed by atoms with E-state index in [9.17, 15) is 17.6 Å². The van der Waals surface area contributed by atoms with Crippen molar-refractivity contribution in [3.05, 3.63) is 65.5 Å². The Labute approximate surface area is 163 Å². The van der Waals surface area contributed by atoms with E-state index < -0.39 is 15.7 Å². The highest BCUT2D eigenvalue weighted by Gasteiger charge is 2.25. The van der Waals surface area contributed by atoms with Crippen molar-refractivity contribution in [2.45, 2.75) is 18.7 Å². The fourth-order valence-electron chi connectivity index (χ4n) is 3.10. The van der Waals surface area contributed by atoms with E-state index in [1.54, 1.807) is 12.1 Å². The number of nitrogens with one attached hydrogen (secondary N) is 2. The molecule has 0 radical (unpaired) electrons. The summed E-state index contributed by atoms with van der Waals surface area (Å²) in [5, 5.41) is 0. The van der Waals surface area contributed by atoms with Crippen molar-refractivity contribution < 1.29 is 17.6 Å². The molecule has 1 amide bonds. The Hall–Kier alpha value is -2.87. The SMILES string of the molecule is CCN(CC)c1ccc(C(=O)NNC2=CCS(=O)(=O)c3ccc(F)cc32)cc1. The molecule has 0 saturated heterocycles. The largest absolute Gasteiger partial charge is 0.372 e. The minimum Gasteiger partial charge on any atom is -0.372 e. The number of nitrogens with zero attached hydrogens (tertiary/aromatic N) is 1. The minimum absolute atomic E-state index is 0.0386. The summed E-state index contributed by atoms with van der Waals surface area (Å²) in [6, 6.07) is 10.7. The normalized spacial score (nSPS) is 14.6. The average Bonchev–Trinajstić information content (AvgIpc) is 2.68. The molecule has 0 spiro atoms. The Balaban J connectivity index is 1.73. The van der Waals surface area contributed by atoms with Crippen LogP contribution >= 0.6 is 0 Å². The fourth-order valence-corrected chi connectivity index (χ4v) is 4.45. The highest BCUT2D eigenvalue weighted by Crippen LogP contribution is 2.28. The third kappa shape index (κ3) is 4.01. The van der Waals surface area contributed by atoms with Crippen LogP contribution in [-0.2, 0) is 9.84 Å². The summed E-state index contributed by atoms with van der Waals surface area (Å²) in [4.78, 5) is 14.6. The van der Waals surface area contributed by atoms with Crippen molar-refractivity contribution in [3.8, 4) is 0 Å². The average molecular weight is 403 g/mol. The van der Waals surface area contributed by atoms with Crippen molar-refractivity contribution in [2.75, 3.05) is 23.7 Å². The molecular formula is C20H22FN3O3S. The van der Waals surface area contributed by atoms with Crippen LogP contribution in [0.1, 0.15) is 29.8 Å². The predicted octanol–water partition coefficient (Wildman–Crippen LogP) is 2.73. The van der Waals surface area contributed by atoms with Crippen molar-refractivity contribution in [2.24, 2.45) is 0 Å². The van der Waals surface area contributed by atoms with E-state index >= 15 is 0 Å². The molecule has 8 heteroatoms. The first-order valence-electron chi connectivity index (χ1n) is 9.00. The highest BCUT2D eigenvalue weighted by atomic mass is 32.2. The van der Waals surface area contributed by atoms with Crippen molar-refractivity contribution in [1.82, 2.24) is 10.9 Å². The minimum atomic E-state index is -3.50. The number of rotatable bonds is 6. The Morgan fingerprint density at radius 2 is 1.79 bits per heavy atom. The molecule has 2 N–H and O–H groups in total. The van der Waals surface area contributed by atoms with E-state index in [1.807, 2.05) is 12.1 Å². The second-order valence-electron chi connectivity index (χ2n) is 6.34. The number of sulfone groups is 1. The Bertz CT molecular complexity index is 1010. The lowest BCUT2D eigenvalue weighted by Gasteiger charge is -2.21. The van der Waals surface area contributed by atoms with Crippen molar-refractivity contribution in [3.63, 3.8) is 0 Å². The maximum Gasteiger partial charge on any atom is 0.269 e. The van der Waals surface area contributed by atoms with E-state index in [1.165, 1.54) is 12.1 Å². The lowest BCUT2D eigenvalue weighted by atomic mass is 10.1. The molecule has 0 unspecified atom stereocenters. The molecule has 1 aliphatic heterocycles. The molecule has 0 aliphatic carbocycles. The van der Waals surface area contributed by atoms with Crippen LogP contribution in [0.2, 0.25) is 0 Å². The van der Waals surface area contributed by atoms with Gasteiger partial charge in [-0.05, 0) is 62.4 Å². The second-order valence-corrected chi connectivity index (χ2v) is 8.34. The van der Waals surface area contributed by atoms with Crippen LogP contribution in [0, 0.1) is 5.82 Å². The molecule has 2 aromatic carbocycles. The van der Waals surface area contributed by atoms with Crippen LogP contribution in [0.3, 0.4) is 0 Å². The number of carbonyl (C=O) groups excluding carboxylic acids is 1. The van der Waals surface area contributed by atoms with E-state index in [2.05, 4.69) is 29.6 Å². The Kier molecular flexibility index (Phi) is 5.69. The van der Waals surface area contributed by atoms with Gasteiger partial charge in [0.2, 0.25) is 0 Å². The molecule has 1 aliphatic rings. The lowest BCUT2D eigenvalue weighted by molar-refractivity contribution is 0.0942. The number of carbonyl (C=O) groups is 1. The zero-order chi connectivity index (χ0) is 20.3. The van der Waals surface area contributed by atoms with E-state index in [-0.39, 0.29) is 22.1 Å². The molecule has 3 rings (SSSR count). The van der Waals surface area contributed by atoms with Crippen molar-refractivity contribution in [1.29, 1.82) is 0 Å². The first-order chi connectivity index (χ1) is 13.4. The monoisotopic (exact) mass is 403 g/mol. The van der Waals surface area contributed by atoms with Crippen LogP contribution in [-0.4, -0.2) is 33.2 Å². The third-order valence-electron chi connectivity index (χ3n) is 4.64. The maximum atomic E-state index is 13.6. The number of anilines is 1. The van der Waals surface area contributed by atoms with E-state index in [4.69, 9.17) is 0 Å². The summed E-state index contributed by atoms with van der Waals surface area (Å²) in [7, 11) is -3.50. The summed E-state index contributed by atoms with van der Waals surface area (Å²) >= 11 is 0. The lowest BCUT2D eigenvalue weighted by Crippen LogP contribution is -2.37. The molecular weight excluding hydrogens is 381 g/mol. The molecule has 2 aromatic rings. The first kappa shape index (κ1) is 19.9. The number of hydrazine groups is 1. The topological polar surface area (TPSA) is 78.5 Å². The summed E-state index contributed by atoms with van der Waals surface area (Å²) < 4.78 is 37.9. The number of hydrogen-bond donors (Lipinski definition) is 2. The molecule has 0 saturated carbocycles. The summed E-state index contributed by atoms with van der Waals surface area (Å²) in [6.07, 6.45) is 1.42. The molecule has 0 bridgehead atoms. The van der Waals surface area contributed by atoms with Gasteiger partial charge < -0.3 is 4.90 Å². The van der Waals surface area contributed by atoms with Crippen LogP contribution in [0.25, 0.3) is 5.70 Å². The molecule has 6 nitrogen and oxygen atoms in total. The van der Waals surface area contributed by atoms with Crippen LogP contribution < -0.4 is 15.8 Å².